The average Bonchev–Trinajstić information content (AvgIpc) is 2.64. The van der Waals surface area contributed by atoms with E-state index in [-0.39, 0.29) is 17.9 Å². The van der Waals surface area contributed by atoms with Crippen LogP contribution in [-0.4, -0.2) is 28.8 Å². The van der Waals surface area contributed by atoms with Crippen molar-refractivity contribution in [1.29, 1.82) is 0 Å². The summed E-state index contributed by atoms with van der Waals surface area (Å²) >= 11 is 6.18. The van der Waals surface area contributed by atoms with Gasteiger partial charge in [0.05, 0.1) is 22.3 Å². The van der Waals surface area contributed by atoms with E-state index in [1.165, 1.54) is 6.33 Å². The number of para-hydroxylation sites is 1. The van der Waals surface area contributed by atoms with Crippen molar-refractivity contribution in [1.82, 2.24) is 9.66 Å². The maximum atomic E-state index is 12.4. The van der Waals surface area contributed by atoms with Crippen LogP contribution < -0.4 is 20.5 Å². The van der Waals surface area contributed by atoms with Crippen LogP contribution in [0.3, 0.4) is 0 Å². The molecule has 4 rings (SSSR count). The zero-order valence-corrected chi connectivity index (χ0v) is 14.3. The molecule has 1 N–H and O–H groups in total. The molecular formula is C18H14ClN3O4. The van der Waals surface area contributed by atoms with Gasteiger partial charge in [0.1, 0.15) is 19.5 Å². The molecule has 1 aromatic heterocycles. The van der Waals surface area contributed by atoms with Gasteiger partial charge in [-0.05, 0) is 29.8 Å². The molecule has 7 nitrogen and oxygen atoms in total. The average molecular weight is 372 g/mol. The zero-order chi connectivity index (χ0) is 18.1. The number of hydrogen-bond donors (Lipinski definition) is 1. The largest absolute Gasteiger partial charge is 0.486 e. The number of ether oxygens (including phenoxy) is 2. The van der Waals surface area contributed by atoms with Crippen LogP contribution in [0.1, 0.15) is 5.56 Å². The van der Waals surface area contributed by atoms with Crippen LogP contribution in [0.2, 0.25) is 5.02 Å². The van der Waals surface area contributed by atoms with E-state index in [4.69, 9.17) is 21.1 Å². The lowest BCUT2D eigenvalue weighted by Crippen LogP contribution is -2.34. The minimum Gasteiger partial charge on any atom is -0.486 e. The quantitative estimate of drug-likeness (QED) is 0.762. The molecule has 2 aromatic carbocycles. The predicted molar refractivity (Wildman–Crippen MR) is 96.5 cm³/mol. The lowest BCUT2D eigenvalue weighted by atomic mass is 10.1. The monoisotopic (exact) mass is 371 g/mol. The number of nitrogens with one attached hydrogen (secondary N) is 1. The van der Waals surface area contributed by atoms with E-state index in [2.05, 4.69) is 10.4 Å². The van der Waals surface area contributed by atoms with Gasteiger partial charge in [-0.1, -0.05) is 23.7 Å². The first-order valence-corrected chi connectivity index (χ1v) is 8.34. The number of carbonyl (C=O) groups excluding carboxylic acids is 1. The lowest BCUT2D eigenvalue weighted by molar-refractivity contribution is -0.116. The first-order chi connectivity index (χ1) is 12.6. The molecule has 0 saturated heterocycles. The summed E-state index contributed by atoms with van der Waals surface area (Å²) in [5, 5.41) is 0.812. The first-order valence-electron chi connectivity index (χ1n) is 7.96. The van der Waals surface area contributed by atoms with E-state index < -0.39 is 0 Å². The molecule has 0 atom stereocenters. The fourth-order valence-corrected chi connectivity index (χ4v) is 3.06. The van der Waals surface area contributed by atoms with E-state index in [0.717, 1.165) is 4.68 Å². The molecule has 8 heteroatoms. The summed E-state index contributed by atoms with van der Waals surface area (Å²) in [6.45, 7) is 0.863. The van der Waals surface area contributed by atoms with Gasteiger partial charge in [0, 0.05) is 0 Å². The molecule has 1 aliphatic heterocycles. The number of benzene rings is 2. The van der Waals surface area contributed by atoms with Crippen molar-refractivity contribution in [3.8, 4) is 11.5 Å². The Kier molecular flexibility index (Phi) is 4.22. The third-order valence-corrected chi connectivity index (χ3v) is 4.21. The summed E-state index contributed by atoms with van der Waals surface area (Å²) in [4.78, 5) is 28.9. The second kappa shape index (κ2) is 6.68. The Morgan fingerprint density at radius 2 is 2.04 bits per heavy atom. The van der Waals surface area contributed by atoms with E-state index in [1.807, 2.05) is 0 Å². The Morgan fingerprint density at radius 3 is 2.92 bits per heavy atom. The van der Waals surface area contributed by atoms with Crippen LogP contribution in [0.15, 0.2) is 47.5 Å². The molecule has 0 fully saturated rings. The van der Waals surface area contributed by atoms with Crippen LogP contribution in [0.25, 0.3) is 10.9 Å². The number of rotatable bonds is 3. The van der Waals surface area contributed by atoms with E-state index in [9.17, 15) is 9.59 Å². The normalized spacial score (nSPS) is 12.8. The van der Waals surface area contributed by atoms with Gasteiger partial charge in [-0.3, -0.25) is 15.0 Å². The van der Waals surface area contributed by atoms with Crippen LogP contribution in [0.5, 0.6) is 11.5 Å². The highest BCUT2D eigenvalue weighted by Crippen LogP contribution is 2.38. The molecule has 2 heterocycles. The molecule has 1 aliphatic rings. The highest BCUT2D eigenvalue weighted by molar-refractivity contribution is 6.32. The number of hydrogen-bond acceptors (Lipinski definition) is 5. The smallest absolute Gasteiger partial charge is 0.280 e. The van der Waals surface area contributed by atoms with Gasteiger partial charge in [0.2, 0.25) is 5.91 Å². The number of halogens is 1. The maximum Gasteiger partial charge on any atom is 0.280 e. The SMILES string of the molecule is O=C(Cc1cc(Cl)c2c(c1)OCCO2)Nn1cnc2ccccc2c1=O. The zero-order valence-electron chi connectivity index (χ0n) is 13.6. The topological polar surface area (TPSA) is 82.4 Å². The molecule has 0 spiro atoms. The molecule has 1 amide bonds. The van der Waals surface area contributed by atoms with Crippen LogP contribution >= 0.6 is 11.6 Å². The Balaban J connectivity index is 1.55. The number of carbonyl (C=O) groups is 1. The van der Waals surface area contributed by atoms with Crippen LogP contribution in [-0.2, 0) is 11.2 Å². The summed E-state index contributed by atoms with van der Waals surface area (Å²) in [6, 6.07) is 10.3. The standard InChI is InChI=1S/C18H14ClN3O4/c19-13-7-11(8-15-17(13)26-6-5-25-15)9-16(23)21-22-10-20-14-4-2-1-3-12(14)18(22)24/h1-4,7-8,10H,5-6,9H2,(H,21,23). The predicted octanol–water partition coefficient (Wildman–Crippen LogP) is 2.13. The summed E-state index contributed by atoms with van der Waals surface area (Å²) in [6.07, 6.45) is 1.31. The van der Waals surface area contributed by atoms with Gasteiger partial charge in [0.15, 0.2) is 11.5 Å². The Hall–Kier alpha value is -3.06. The molecule has 0 aliphatic carbocycles. The minimum absolute atomic E-state index is 0.0234. The number of nitrogens with zero attached hydrogens (tertiary/aromatic N) is 2. The van der Waals surface area contributed by atoms with Gasteiger partial charge >= 0.3 is 0 Å². The van der Waals surface area contributed by atoms with E-state index in [1.54, 1.807) is 36.4 Å². The summed E-state index contributed by atoms with van der Waals surface area (Å²) < 4.78 is 12.0. The van der Waals surface area contributed by atoms with Gasteiger partial charge in [-0.25, -0.2) is 9.66 Å². The summed E-state index contributed by atoms with van der Waals surface area (Å²) in [7, 11) is 0. The second-order valence-electron chi connectivity index (χ2n) is 5.75. The third kappa shape index (κ3) is 3.09. The second-order valence-corrected chi connectivity index (χ2v) is 6.16. The highest BCUT2D eigenvalue weighted by Gasteiger charge is 2.18. The molecule has 3 aromatic rings. The van der Waals surface area contributed by atoms with Gasteiger partial charge < -0.3 is 9.47 Å². The van der Waals surface area contributed by atoms with Gasteiger partial charge in [-0.2, -0.15) is 0 Å². The van der Waals surface area contributed by atoms with Crippen molar-refractivity contribution < 1.29 is 14.3 Å². The van der Waals surface area contributed by atoms with Crippen molar-refractivity contribution in [3.05, 3.63) is 63.7 Å². The van der Waals surface area contributed by atoms with Crippen molar-refractivity contribution in [2.24, 2.45) is 0 Å². The van der Waals surface area contributed by atoms with Crippen molar-refractivity contribution in [3.63, 3.8) is 0 Å². The summed E-state index contributed by atoms with van der Waals surface area (Å²) in [5.41, 5.74) is 3.42. The van der Waals surface area contributed by atoms with Crippen LogP contribution in [0, 0.1) is 0 Å². The minimum atomic E-state index is -0.378. The Bertz CT molecular complexity index is 1060. The molecule has 0 bridgehead atoms. The summed E-state index contributed by atoms with van der Waals surface area (Å²) in [5.74, 6) is 0.616. The van der Waals surface area contributed by atoms with Gasteiger partial charge in [0.25, 0.3) is 5.56 Å². The van der Waals surface area contributed by atoms with Crippen molar-refractivity contribution in [2.75, 3.05) is 18.6 Å². The highest BCUT2D eigenvalue weighted by atomic mass is 35.5. The molecule has 0 radical (unpaired) electrons. The van der Waals surface area contributed by atoms with Crippen LogP contribution in [0.4, 0.5) is 0 Å². The molecule has 26 heavy (non-hydrogen) atoms. The van der Waals surface area contributed by atoms with Gasteiger partial charge in [-0.15, -0.1) is 0 Å². The molecule has 0 saturated carbocycles. The maximum absolute atomic E-state index is 12.4. The number of fused-ring (bicyclic) bond motifs is 2. The number of aromatic nitrogens is 2. The van der Waals surface area contributed by atoms with Crippen molar-refractivity contribution >= 4 is 28.4 Å². The molecule has 0 unspecified atom stereocenters. The van der Waals surface area contributed by atoms with E-state index in [0.29, 0.717) is 46.2 Å². The first kappa shape index (κ1) is 16.4. The third-order valence-electron chi connectivity index (χ3n) is 3.93. The Labute approximate surface area is 153 Å². The molecular weight excluding hydrogens is 358 g/mol. The number of amides is 1. The fourth-order valence-electron chi connectivity index (χ4n) is 2.77. The molecule has 132 valence electrons. The van der Waals surface area contributed by atoms with Crippen molar-refractivity contribution in [2.45, 2.75) is 6.42 Å². The Morgan fingerprint density at radius 1 is 1.23 bits per heavy atom. The fraction of sp³-hybridized carbons (Fsp3) is 0.167. The lowest BCUT2D eigenvalue weighted by Gasteiger charge is -2.20. The van der Waals surface area contributed by atoms with E-state index >= 15 is 0 Å².